The van der Waals surface area contributed by atoms with Crippen LogP contribution in [-0.4, -0.2) is 60.3 Å². The van der Waals surface area contributed by atoms with Crippen molar-refractivity contribution in [2.75, 3.05) is 0 Å². The zero-order valence-corrected chi connectivity index (χ0v) is 21.5. The molecule has 0 spiro atoms. The van der Waals surface area contributed by atoms with Crippen LogP contribution in [0.2, 0.25) is 0 Å². The third-order valence-corrected chi connectivity index (χ3v) is 6.48. The smallest absolute Gasteiger partial charge is 0.302 e. The Morgan fingerprint density at radius 1 is 0.909 bits per heavy atom. The van der Waals surface area contributed by atoms with Crippen LogP contribution < -0.4 is 0 Å². The number of ether oxygens (including phenoxy) is 5. The Morgan fingerprint density at radius 2 is 1.52 bits per heavy atom. The van der Waals surface area contributed by atoms with Crippen molar-refractivity contribution in [3.05, 3.63) is 0 Å². The molecule has 7 nitrogen and oxygen atoms in total. The van der Waals surface area contributed by atoms with Crippen LogP contribution in [-0.2, 0) is 28.5 Å². The van der Waals surface area contributed by atoms with E-state index in [-0.39, 0.29) is 49.1 Å². The highest BCUT2D eigenvalue weighted by molar-refractivity contribution is 5.66. The van der Waals surface area contributed by atoms with Crippen molar-refractivity contribution in [2.45, 2.75) is 161 Å². The first kappa shape index (κ1) is 28.5. The predicted molar refractivity (Wildman–Crippen MR) is 127 cm³/mol. The minimum absolute atomic E-state index is 0.0383. The fraction of sp³-hybridized carbons (Fsp3) is 0.962. The lowest BCUT2D eigenvalue weighted by Crippen LogP contribution is -2.44. The first-order chi connectivity index (χ1) is 15.8. The van der Waals surface area contributed by atoms with E-state index in [0.29, 0.717) is 12.8 Å². The maximum atomic E-state index is 11.2. The first-order valence-electron chi connectivity index (χ1n) is 13.3. The van der Waals surface area contributed by atoms with E-state index in [1.54, 1.807) is 0 Å². The number of hydrogen-bond donors (Lipinski definition) is 1. The number of carbonyl (C=O) groups is 1. The van der Waals surface area contributed by atoms with E-state index in [1.165, 1.54) is 6.92 Å². The van der Waals surface area contributed by atoms with E-state index >= 15 is 0 Å². The molecule has 0 aliphatic carbocycles. The second kappa shape index (κ2) is 15.3. The normalized spacial score (nSPS) is 32.3. The van der Waals surface area contributed by atoms with Crippen molar-refractivity contribution in [3.63, 3.8) is 0 Å². The fourth-order valence-electron chi connectivity index (χ4n) is 4.93. The van der Waals surface area contributed by atoms with Crippen LogP contribution in [0.5, 0.6) is 0 Å². The van der Waals surface area contributed by atoms with Crippen molar-refractivity contribution in [1.29, 1.82) is 0 Å². The number of rotatable bonds is 14. The first-order valence-corrected chi connectivity index (χ1v) is 13.3. The van der Waals surface area contributed by atoms with Gasteiger partial charge in [-0.15, -0.1) is 0 Å². The summed E-state index contributed by atoms with van der Waals surface area (Å²) >= 11 is 0. The van der Waals surface area contributed by atoms with Crippen molar-refractivity contribution in [1.82, 2.24) is 0 Å². The van der Waals surface area contributed by atoms with E-state index in [1.807, 2.05) is 6.92 Å². The Morgan fingerprint density at radius 3 is 2.12 bits per heavy atom. The Balaban J connectivity index is 1.95. The molecule has 7 heteroatoms. The molecule has 0 bridgehead atoms. The largest absolute Gasteiger partial charge is 0.463 e. The molecule has 0 radical (unpaired) electrons. The average molecular weight is 473 g/mol. The number of esters is 1. The molecule has 0 aromatic carbocycles. The Hall–Kier alpha value is -0.730. The van der Waals surface area contributed by atoms with Crippen molar-refractivity contribution in [3.8, 4) is 0 Å². The highest BCUT2D eigenvalue weighted by Gasteiger charge is 2.36. The van der Waals surface area contributed by atoms with Gasteiger partial charge in [-0.05, 0) is 39.0 Å². The topological polar surface area (TPSA) is 83.5 Å². The molecule has 1 N–H and O–H groups in total. The average Bonchev–Trinajstić information content (AvgIpc) is 2.73. The van der Waals surface area contributed by atoms with Gasteiger partial charge >= 0.3 is 5.97 Å². The minimum Gasteiger partial charge on any atom is -0.463 e. The quantitative estimate of drug-likeness (QED) is 0.273. The molecule has 2 aliphatic rings. The lowest BCUT2D eigenvalue weighted by atomic mass is 9.95. The third-order valence-electron chi connectivity index (χ3n) is 6.48. The molecule has 2 aliphatic heterocycles. The molecule has 2 rings (SSSR count). The Bertz CT molecular complexity index is 543. The summed E-state index contributed by atoms with van der Waals surface area (Å²) in [4.78, 5) is 11.2. The van der Waals surface area contributed by atoms with Gasteiger partial charge in [0, 0.05) is 32.6 Å². The van der Waals surface area contributed by atoms with Gasteiger partial charge in [0.1, 0.15) is 6.10 Å². The van der Waals surface area contributed by atoms with E-state index in [4.69, 9.17) is 23.7 Å². The number of hydrogen-bond acceptors (Lipinski definition) is 7. The summed E-state index contributed by atoms with van der Waals surface area (Å²) in [6.45, 7) is 9.71. The van der Waals surface area contributed by atoms with E-state index in [0.717, 1.165) is 64.2 Å². The van der Waals surface area contributed by atoms with Crippen LogP contribution in [0, 0.1) is 0 Å². The van der Waals surface area contributed by atoms with E-state index in [2.05, 4.69) is 20.8 Å². The Labute approximate surface area is 200 Å². The van der Waals surface area contributed by atoms with Crippen molar-refractivity contribution in [2.24, 2.45) is 0 Å². The molecule has 0 saturated carbocycles. The lowest BCUT2D eigenvalue weighted by Gasteiger charge is -2.41. The molecule has 0 aromatic rings. The third kappa shape index (κ3) is 11.0. The van der Waals surface area contributed by atoms with Gasteiger partial charge in [-0.2, -0.15) is 0 Å². The molecular formula is C26H48O7. The molecule has 8 unspecified atom stereocenters. The van der Waals surface area contributed by atoms with Crippen LogP contribution in [0.25, 0.3) is 0 Å². The van der Waals surface area contributed by atoms with Gasteiger partial charge in [-0.3, -0.25) is 4.79 Å². The number of aliphatic hydroxyl groups excluding tert-OH is 1. The van der Waals surface area contributed by atoms with Crippen LogP contribution >= 0.6 is 0 Å². The monoisotopic (exact) mass is 472 g/mol. The van der Waals surface area contributed by atoms with Crippen LogP contribution in [0.15, 0.2) is 0 Å². The molecule has 2 saturated heterocycles. The maximum absolute atomic E-state index is 11.2. The van der Waals surface area contributed by atoms with E-state index in [9.17, 15) is 9.90 Å². The molecule has 194 valence electrons. The summed E-state index contributed by atoms with van der Waals surface area (Å²) in [6.07, 6.45) is 9.60. The summed E-state index contributed by atoms with van der Waals surface area (Å²) in [5.41, 5.74) is 0. The Kier molecular flexibility index (Phi) is 13.2. The lowest BCUT2D eigenvalue weighted by molar-refractivity contribution is -0.276. The highest BCUT2D eigenvalue weighted by Crippen LogP contribution is 2.32. The number of carbonyl (C=O) groups excluding carboxylic acids is 1. The highest BCUT2D eigenvalue weighted by atomic mass is 16.7. The molecule has 8 atom stereocenters. The summed E-state index contributed by atoms with van der Waals surface area (Å²) < 4.78 is 30.1. The van der Waals surface area contributed by atoms with Gasteiger partial charge in [-0.1, -0.05) is 40.0 Å². The van der Waals surface area contributed by atoms with Gasteiger partial charge < -0.3 is 28.8 Å². The molecule has 0 amide bonds. The van der Waals surface area contributed by atoms with Gasteiger partial charge in [0.2, 0.25) is 0 Å². The summed E-state index contributed by atoms with van der Waals surface area (Å²) in [5.74, 6) is -0.323. The second-order valence-electron chi connectivity index (χ2n) is 9.84. The summed E-state index contributed by atoms with van der Waals surface area (Å²) in [5, 5.41) is 10.6. The second-order valence-corrected chi connectivity index (χ2v) is 9.84. The SMILES string of the molecule is CCCCCC1OC(CC(O)CC(C)OC(C)=O)CC(CC2CC(CC)OC(CCC)O2)O1. The standard InChI is InChI=1S/C26H48O7/c1-6-9-10-12-26-31-22(14-20(28)13-18(4)29-19(5)27)16-24(33-26)17-23-15-21(8-3)30-25(32-23)11-7-2/h18,20-26,28H,6-17H2,1-5H3. The van der Waals surface area contributed by atoms with Gasteiger partial charge in [-0.25, -0.2) is 0 Å². The minimum atomic E-state index is -0.586. The fourth-order valence-corrected chi connectivity index (χ4v) is 4.93. The predicted octanol–water partition coefficient (Wildman–Crippen LogP) is 5.26. The summed E-state index contributed by atoms with van der Waals surface area (Å²) in [7, 11) is 0. The zero-order valence-electron chi connectivity index (χ0n) is 21.5. The molecule has 33 heavy (non-hydrogen) atoms. The molecular weight excluding hydrogens is 424 g/mol. The van der Waals surface area contributed by atoms with Gasteiger partial charge in [0.15, 0.2) is 12.6 Å². The van der Waals surface area contributed by atoms with Crippen molar-refractivity contribution >= 4 is 5.97 Å². The molecule has 2 heterocycles. The van der Waals surface area contributed by atoms with Crippen molar-refractivity contribution < 1.29 is 33.6 Å². The number of aliphatic hydroxyl groups is 1. The van der Waals surface area contributed by atoms with Crippen LogP contribution in [0.3, 0.4) is 0 Å². The maximum Gasteiger partial charge on any atom is 0.302 e. The van der Waals surface area contributed by atoms with Gasteiger partial charge in [0.25, 0.3) is 0 Å². The summed E-state index contributed by atoms with van der Waals surface area (Å²) in [6, 6.07) is 0. The number of unbranched alkanes of at least 4 members (excludes halogenated alkanes) is 2. The molecule has 0 aromatic heterocycles. The van der Waals surface area contributed by atoms with Gasteiger partial charge in [0.05, 0.1) is 30.5 Å². The zero-order chi connectivity index (χ0) is 24.2. The van der Waals surface area contributed by atoms with Crippen LogP contribution in [0.4, 0.5) is 0 Å². The van der Waals surface area contributed by atoms with E-state index < -0.39 is 6.10 Å². The molecule has 2 fully saturated rings. The van der Waals surface area contributed by atoms with Crippen LogP contribution in [0.1, 0.15) is 112 Å².